The van der Waals surface area contributed by atoms with Gasteiger partial charge in [-0.15, -0.1) is 0 Å². The number of ketones is 1. The molecule has 1 spiro atoms. The molecule has 4 aliphatic heterocycles. The first-order valence-electron chi connectivity index (χ1n) is 30.9. The summed E-state index contributed by atoms with van der Waals surface area (Å²) >= 11 is 0. The van der Waals surface area contributed by atoms with Crippen LogP contribution in [0.25, 0.3) is 0 Å². The highest BCUT2D eigenvalue weighted by atomic mass is 16.7. The Morgan fingerprint density at radius 3 is 2.06 bits per heavy atom. The van der Waals surface area contributed by atoms with E-state index in [4.69, 9.17) is 47.4 Å². The van der Waals surface area contributed by atoms with Crippen LogP contribution in [-0.4, -0.2) is 184 Å². The fourth-order valence-corrected chi connectivity index (χ4v) is 16.7. The van der Waals surface area contributed by atoms with Gasteiger partial charge in [0.1, 0.15) is 35.7 Å². The Labute approximate surface area is 499 Å². The average molecular weight is 1210 g/mol. The number of Topliss-reactive ketones (excluding diaryl/α,β-unsaturated/α-hetero) is 1. The number of rotatable bonds is 16. The van der Waals surface area contributed by atoms with Crippen molar-refractivity contribution in [3.05, 3.63) is 44.7 Å². The summed E-state index contributed by atoms with van der Waals surface area (Å²) in [5.41, 5.74) is -4.02. The number of nitrogens with zero attached hydrogens (tertiary/aromatic N) is 1. The molecular formula is C62H98N2O21. The molecule has 23 nitrogen and oxygen atoms in total. The van der Waals surface area contributed by atoms with Gasteiger partial charge < -0.3 is 83.3 Å². The van der Waals surface area contributed by atoms with Gasteiger partial charge in [-0.2, -0.15) is 0 Å². The summed E-state index contributed by atoms with van der Waals surface area (Å²) in [6.07, 6.45) is -7.97. The highest BCUT2D eigenvalue weighted by Gasteiger charge is 2.65. The summed E-state index contributed by atoms with van der Waals surface area (Å²) in [6.45, 7) is 21.6. The van der Waals surface area contributed by atoms with Crippen LogP contribution in [0.2, 0.25) is 0 Å². The molecule has 85 heavy (non-hydrogen) atoms. The molecule has 0 aromatic heterocycles. The number of nitrogens with one attached hydrogen (secondary N) is 1. The monoisotopic (exact) mass is 1210 g/mol. The van der Waals surface area contributed by atoms with E-state index in [0.717, 1.165) is 12.7 Å². The SMILES string of the molecule is COC(=O)NC(C(C)C)C(C)(CC(O)O[C@H]1C/C=C(\C)[C@@H]2CC[C@@H]3[C@@H](OC4CC(OC5CC(O)C(OC6CC(O)C(OC)C(C)O6)C(C)O5)C(O)C(C)O4)[C@@H](C)C[C@H](C)[C@H]3[C@]2(C)/C(O)=C2\C(=O)O[C@]3(C[C@@H](C)C(CO)C[C@H]3/C=C/1C)C2=O)[N+](=O)[O-]. The zero-order valence-electron chi connectivity index (χ0n) is 52.1. The van der Waals surface area contributed by atoms with Gasteiger partial charge in [0.15, 0.2) is 30.8 Å². The average Bonchev–Trinajstić information content (AvgIpc) is 1.76. The van der Waals surface area contributed by atoms with E-state index in [1.54, 1.807) is 47.6 Å². The third-order valence-corrected chi connectivity index (χ3v) is 21.1. The van der Waals surface area contributed by atoms with Crippen molar-refractivity contribution in [2.75, 3.05) is 20.8 Å². The topological polar surface area (TPSA) is 320 Å². The highest BCUT2D eigenvalue weighted by molar-refractivity contribution is 6.26. The molecule has 482 valence electrons. The van der Waals surface area contributed by atoms with E-state index in [1.807, 2.05) is 26.8 Å². The number of aliphatic hydroxyl groups excluding tert-OH is 6. The van der Waals surface area contributed by atoms with Crippen molar-refractivity contribution >= 4 is 17.8 Å². The second kappa shape index (κ2) is 26.8. The molecule has 4 saturated heterocycles. The van der Waals surface area contributed by atoms with Gasteiger partial charge in [-0.3, -0.25) is 14.9 Å². The number of carbonyl (C=O) groups is 3. The van der Waals surface area contributed by atoms with E-state index in [0.29, 0.717) is 24.8 Å². The van der Waals surface area contributed by atoms with Crippen LogP contribution in [0, 0.1) is 68.8 Å². The number of carbonyl (C=O) groups excluding carboxylic acids is 3. The van der Waals surface area contributed by atoms with E-state index >= 15 is 4.79 Å². The third-order valence-electron chi connectivity index (χ3n) is 21.1. The van der Waals surface area contributed by atoms with Gasteiger partial charge in [-0.25, -0.2) is 9.59 Å². The van der Waals surface area contributed by atoms with Gasteiger partial charge in [0.25, 0.3) is 0 Å². The molecule has 16 unspecified atom stereocenters. The van der Waals surface area contributed by atoms with E-state index in [-0.39, 0.29) is 80.5 Å². The molecule has 0 aromatic rings. The molecule has 0 radical (unpaired) electrons. The Hall–Kier alpha value is -3.69. The number of amides is 1. The lowest BCUT2D eigenvalue weighted by molar-refractivity contribution is -0.576. The highest BCUT2D eigenvalue weighted by Crippen LogP contribution is 2.63. The van der Waals surface area contributed by atoms with Crippen molar-refractivity contribution < 1.29 is 97.3 Å². The molecule has 1 amide bonds. The molecule has 4 aliphatic carbocycles. The lowest BCUT2D eigenvalue weighted by Gasteiger charge is -2.59. The van der Waals surface area contributed by atoms with Crippen molar-refractivity contribution in [2.45, 2.75) is 257 Å². The zero-order chi connectivity index (χ0) is 62.5. The van der Waals surface area contributed by atoms with Gasteiger partial charge >= 0.3 is 12.1 Å². The standard InChI is InChI=1S/C62H98N2O21/c1-28(2)55(63-59(73)77-14)60(11,64(74)75)26-45(68)81-43-18-15-29(3)40-17-16-39-50(61(40,12)56(70)49-57(71)62(85-58(49)72)25-33(7)37(27-65)21-38(62)20-30(43)4)31(5)19-32(6)52(39)83-48-24-44(51(69)34(8)78-48)82-46-23-42(67)54(36(10)80-46)84-47-22-41(66)53(76-13)35(9)79-47/h15,20,28,31-48,50-55,65-70H,16-19,21-27H2,1-14H3,(H,63,73)/b29-15+,30-20+,56-49+/t31-,32-,33+,34?,35?,36?,37?,38+,39-,40-,41?,42?,43-,44?,45?,46?,47?,48?,50+,51?,52-,53?,54?,55?,60?,61+,62-/m0/s1. The Morgan fingerprint density at radius 1 is 0.847 bits per heavy atom. The van der Waals surface area contributed by atoms with E-state index < -0.39 is 173 Å². The third kappa shape index (κ3) is 13.2. The summed E-state index contributed by atoms with van der Waals surface area (Å²) in [5.74, 6) is -5.04. The van der Waals surface area contributed by atoms with Crippen molar-refractivity contribution in [2.24, 2.45) is 58.7 Å². The Kier molecular flexibility index (Phi) is 21.2. The normalized spacial score (nSPS) is 46.2. The van der Waals surface area contributed by atoms with Crippen molar-refractivity contribution in [3.8, 4) is 0 Å². The molecular weight excluding hydrogens is 1110 g/mol. The zero-order valence-corrected chi connectivity index (χ0v) is 52.1. The maximum absolute atomic E-state index is 15.6. The second-order valence-electron chi connectivity index (χ2n) is 27.2. The predicted octanol–water partition coefficient (Wildman–Crippen LogP) is 6.11. The maximum atomic E-state index is 15.6. The lowest BCUT2D eigenvalue weighted by atomic mass is 9.47. The molecule has 8 rings (SSSR count). The number of methoxy groups -OCH3 is 2. The number of aliphatic hydroxyl groups is 6. The van der Waals surface area contributed by atoms with Crippen molar-refractivity contribution in [3.63, 3.8) is 0 Å². The molecule has 7 fully saturated rings. The Morgan fingerprint density at radius 2 is 1.46 bits per heavy atom. The van der Waals surface area contributed by atoms with Crippen LogP contribution in [0.15, 0.2) is 34.6 Å². The Bertz CT molecular complexity index is 2470. The number of hydrogen-bond acceptors (Lipinski definition) is 21. The predicted molar refractivity (Wildman–Crippen MR) is 304 cm³/mol. The molecule has 4 heterocycles. The molecule has 23 heteroatoms. The van der Waals surface area contributed by atoms with E-state index in [9.17, 15) is 50.3 Å². The summed E-state index contributed by atoms with van der Waals surface area (Å²) in [7, 11) is 2.66. The van der Waals surface area contributed by atoms with Crippen LogP contribution in [0.3, 0.4) is 0 Å². The lowest BCUT2D eigenvalue weighted by Crippen LogP contribution is -2.59. The maximum Gasteiger partial charge on any atom is 0.407 e. The summed E-state index contributed by atoms with van der Waals surface area (Å²) in [5, 5.41) is 85.0. The van der Waals surface area contributed by atoms with Crippen LogP contribution in [0.4, 0.5) is 4.79 Å². The summed E-state index contributed by atoms with van der Waals surface area (Å²) in [4.78, 5) is 55.2. The van der Waals surface area contributed by atoms with Crippen LogP contribution >= 0.6 is 0 Å². The minimum Gasteiger partial charge on any atom is -0.511 e. The molecule has 2 bridgehead atoms. The molecule has 27 atom stereocenters. The molecule has 8 aliphatic rings. The van der Waals surface area contributed by atoms with Gasteiger partial charge in [0.2, 0.25) is 11.3 Å². The smallest absolute Gasteiger partial charge is 0.407 e. The number of alkyl carbamates (subject to hydrolysis) is 1. The van der Waals surface area contributed by atoms with Gasteiger partial charge in [-0.1, -0.05) is 59.3 Å². The first-order valence-corrected chi connectivity index (χ1v) is 30.9. The van der Waals surface area contributed by atoms with Gasteiger partial charge in [0.05, 0.1) is 62.4 Å². The fourth-order valence-electron chi connectivity index (χ4n) is 16.7. The van der Waals surface area contributed by atoms with E-state index in [1.165, 1.54) is 14.0 Å². The van der Waals surface area contributed by atoms with E-state index in [2.05, 4.69) is 19.2 Å². The number of allylic oxidation sites excluding steroid dienone is 2. The second-order valence-corrected chi connectivity index (χ2v) is 27.2. The first kappa shape index (κ1) is 67.2. The Balaban J connectivity index is 1.08. The van der Waals surface area contributed by atoms with Crippen molar-refractivity contribution in [1.82, 2.24) is 5.32 Å². The van der Waals surface area contributed by atoms with Crippen molar-refractivity contribution in [1.29, 1.82) is 0 Å². The number of ether oxygens (including phenoxy) is 10. The van der Waals surface area contributed by atoms with Crippen LogP contribution in [0.5, 0.6) is 0 Å². The first-order chi connectivity index (χ1) is 39.9. The summed E-state index contributed by atoms with van der Waals surface area (Å²) < 4.78 is 61.5. The molecule has 7 N–H and O–H groups in total. The quantitative estimate of drug-likeness (QED) is 0.0229. The molecule has 3 saturated carbocycles. The number of fused-ring (bicyclic) bond motifs is 4. The number of hydrogen-bond donors (Lipinski definition) is 7. The minimum absolute atomic E-state index is 0.0180. The largest absolute Gasteiger partial charge is 0.511 e. The molecule has 0 aromatic carbocycles. The number of esters is 1. The summed E-state index contributed by atoms with van der Waals surface area (Å²) in [6, 6.07) is -1.09. The van der Waals surface area contributed by atoms with Crippen LogP contribution in [-0.2, 0) is 57.0 Å². The van der Waals surface area contributed by atoms with Crippen LogP contribution in [0.1, 0.15) is 147 Å². The van der Waals surface area contributed by atoms with Crippen LogP contribution < -0.4 is 5.32 Å². The van der Waals surface area contributed by atoms with Gasteiger partial charge in [-0.05, 0) is 126 Å². The minimum atomic E-state index is -1.94. The van der Waals surface area contributed by atoms with Gasteiger partial charge in [0, 0.05) is 56.2 Å². The fraction of sp³-hybridized carbons (Fsp3) is 0.855. The number of nitro groups is 1.